The summed E-state index contributed by atoms with van der Waals surface area (Å²) in [6.45, 7) is 2.43. The number of halogens is 2. The Morgan fingerprint density at radius 3 is 2.16 bits per heavy atom. The highest BCUT2D eigenvalue weighted by atomic mass is 19.1. The summed E-state index contributed by atoms with van der Waals surface area (Å²) in [5.74, 6) is -0.391. The number of nitrogens with one attached hydrogen (secondary N) is 1. The predicted octanol–water partition coefficient (Wildman–Crippen LogP) is 4.86. The predicted molar refractivity (Wildman–Crippen MR) is 112 cm³/mol. The molecule has 156 valence electrons. The third-order valence-corrected chi connectivity index (χ3v) is 4.41. The molecule has 6 nitrogen and oxygen atoms in total. The van der Waals surface area contributed by atoms with Crippen molar-refractivity contribution >= 4 is 11.6 Å². The van der Waals surface area contributed by atoms with Crippen molar-refractivity contribution in [3.63, 3.8) is 0 Å². The van der Waals surface area contributed by atoms with Gasteiger partial charge in [-0.3, -0.25) is 4.79 Å². The van der Waals surface area contributed by atoms with E-state index in [0.29, 0.717) is 35.1 Å². The second kappa shape index (κ2) is 8.74. The summed E-state index contributed by atoms with van der Waals surface area (Å²) >= 11 is 0. The van der Waals surface area contributed by atoms with Crippen LogP contribution in [0.1, 0.15) is 17.5 Å². The Balaban J connectivity index is 1.67. The van der Waals surface area contributed by atoms with Crippen molar-refractivity contribution in [2.75, 3.05) is 11.9 Å². The Kier molecular flexibility index (Phi) is 5.70. The van der Waals surface area contributed by atoms with Gasteiger partial charge in [0.1, 0.15) is 17.4 Å². The third kappa shape index (κ3) is 4.58. The molecule has 3 aromatic carbocycles. The van der Waals surface area contributed by atoms with Crippen molar-refractivity contribution < 1.29 is 18.3 Å². The minimum absolute atomic E-state index is 0.0856. The van der Waals surface area contributed by atoms with Crippen LogP contribution in [0.2, 0.25) is 0 Å². The molecule has 4 aromatic rings. The number of ether oxygens (including phenoxy) is 1. The lowest BCUT2D eigenvalue weighted by Crippen LogP contribution is -2.14. The van der Waals surface area contributed by atoms with E-state index in [2.05, 4.69) is 15.4 Å². The van der Waals surface area contributed by atoms with Crippen molar-refractivity contribution in [1.82, 2.24) is 14.8 Å². The third-order valence-electron chi connectivity index (χ3n) is 4.41. The molecule has 1 N–H and O–H groups in total. The molecule has 0 aliphatic heterocycles. The zero-order chi connectivity index (χ0) is 21.8. The number of hydrogen-bond donors (Lipinski definition) is 1. The van der Waals surface area contributed by atoms with Crippen molar-refractivity contribution in [2.24, 2.45) is 0 Å². The number of carbonyl (C=O) groups excluding carboxylic acids is 1. The lowest BCUT2D eigenvalue weighted by Gasteiger charge is -2.06. The van der Waals surface area contributed by atoms with Gasteiger partial charge in [-0.05, 0) is 79.7 Å². The summed E-state index contributed by atoms with van der Waals surface area (Å²) in [4.78, 5) is 17.1. The number of anilines is 1. The van der Waals surface area contributed by atoms with Crippen LogP contribution in [0.5, 0.6) is 5.75 Å². The first kappa shape index (κ1) is 20.2. The van der Waals surface area contributed by atoms with E-state index in [9.17, 15) is 13.6 Å². The maximum Gasteiger partial charge on any atom is 0.295 e. The number of rotatable bonds is 6. The van der Waals surface area contributed by atoms with E-state index < -0.39 is 17.5 Å². The molecular formula is C23H18F2N4O2. The second-order valence-corrected chi connectivity index (χ2v) is 6.57. The van der Waals surface area contributed by atoms with Crippen LogP contribution in [0.25, 0.3) is 17.1 Å². The fraction of sp³-hybridized carbons (Fsp3) is 0.0870. The fourth-order valence-electron chi connectivity index (χ4n) is 2.94. The molecular weight excluding hydrogens is 402 g/mol. The molecule has 1 heterocycles. The smallest absolute Gasteiger partial charge is 0.295 e. The SMILES string of the molecule is CCOc1ccc(NC(=O)c2nc(-c3ccc(F)cc3)n(-c3ccc(F)cc3)n2)cc1. The molecule has 8 heteroatoms. The monoisotopic (exact) mass is 420 g/mol. The number of carbonyl (C=O) groups is 1. The molecule has 1 amide bonds. The fourth-order valence-corrected chi connectivity index (χ4v) is 2.94. The molecule has 0 aliphatic carbocycles. The van der Waals surface area contributed by atoms with Gasteiger partial charge in [0.25, 0.3) is 5.91 Å². The van der Waals surface area contributed by atoms with Crippen LogP contribution < -0.4 is 10.1 Å². The van der Waals surface area contributed by atoms with Gasteiger partial charge in [0.15, 0.2) is 5.82 Å². The summed E-state index contributed by atoms with van der Waals surface area (Å²) in [5.41, 5.74) is 1.61. The highest BCUT2D eigenvalue weighted by Crippen LogP contribution is 2.23. The maximum atomic E-state index is 13.4. The van der Waals surface area contributed by atoms with Crippen molar-refractivity contribution in [1.29, 1.82) is 0 Å². The lowest BCUT2D eigenvalue weighted by molar-refractivity contribution is 0.101. The molecule has 0 unspecified atom stereocenters. The van der Waals surface area contributed by atoms with Crippen molar-refractivity contribution in [3.05, 3.63) is 90.3 Å². The Morgan fingerprint density at radius 1 is 0.935 bits per heavy atom. The Hall–Kier alpha value is -4.07. The van der Waals surface area contributed by atoms with Crippen LogP contribution in [0, 0.1) is 11.6 Å². The second-order valence-electron chi connectivity index (χ2n) is 6.57. The number of hydrogen-bond acceptors (Lipinski definition) is 4. The first-order chi connectivity index (χ1) is 15.0. The molecule has 0 aliphatic rings. The topological polar surface area (TPSA) is 69.0 Å². The van der Waals surface area contributed by atoms with Crippen LogP contribution in [0.15, 0.2) is 72.8 Å². The maximum absolute atomic E-state index is 13.4. The zero-order valence-corrected chi connectivity index (χ0v) is 16.5. The van der Waals surface area contributed by atoms with Crippen LogP contribution in [-0.4, -0.2) is 27.3 Å². The summed E-state index contributed by atoms with van der Waals surface area (Å²) in [5, 5.41) is 7.04. The van der Waals surface area contributed by atoms with E-state index >= 15 is 0 Å². The zero-order valence-electron chi connectivity index (χ0n) is 16.5. The summed E-state index contributed by atoms with van der Waals surface area (Å²) in [7, 11) is 0. The van der Waals surface area contributed by atoms with Crippen LogP contribution in [0.4, 0.5) is 14.5 Å². The molecule has 31 heavy (non-hydrogen) atoms. The molecule has 0 radical (unpaired) electrons. The number of nitrogens with zero attached hydrogens (tertiary/aromatic N) is 3. The van der Waals surface area contributed by atoms with Crippen LogP contribution in [-0.2, 0) is 0 Å². The highest BCUT2D eigenvalue weighted by molar-refractivity contribution is 6.01. The van der Waals surface area contributed by atoms with Gasteiger partial charge >= 0.3 is 0 Å². The molecule has 0 spiro atoms. The van der Waals surface area contributed by atoms with Gasteiger partial charge in [-0.15, -0.1) is 5.10 Å². The molecule has 0 fully saturated rings. The van der Waals surface area contributed by atoms with Crippen molar-refractivity contribution in [3.8, 4) is 22.8 Å². The van der Waals surface area contributed by atoms with Gasteiger partial charge in [-0.1, -0.05) is 0 Å². The molecule has 1 aromatic heterocycles. The average Bonchev–Trinajstić information content (AvgIpc) is 3.22. The first-order valence-electron chi connectivity index (χ1n) is 9.56. The molecule has 0 saturated carbocycles. The van der Waals surface area contributed by atoms with E-state index in [0.717, 1.165) is 0 Å². The van der Waals surface area contributed by atoms with E-state index in [4.69, 9.17) is 4.74 Å². The van der Waals surface area contributed by atoms with Crippen LogP contribution >= 0.6 is 0 Å². The van der Waals surface area contributed by atoms with E-state index in [1.165, 1.54) is 53.2 Å². The Morgan fingerprint density at radius 2 is 1.55 bits per heavy atom. The summed E-state index contributed by atoms with van der Waals surface area (Å²) < 4.78 is 33.5. The summed E-state index contributed by atoms with van der Waals surface area (Å²) in [6.07, 6.45) is 0. The van der Waals surface area contributed by atoms with Gasteiger partial charge in [-0.25, -0.2) is 18.4 Å². The Bertz CT molecular complexity index is 1120. The number of benzene rings is 3. The van der Waals surface area contributed by atoms with E-state index in [-0.39, 0.29) is 5.82 Å². The molecule has 0 saturated heterocycles. The first-order valence-corrected chi connectivity index (χ1v) is 9.56. The van der Waals surface area contributed by atoms with Gasteiger partial charge in [-0.2, -0.15) is 0 Å². The highest BCUT2D eigenvalue weighted by Gasteiger charge is 2.19. The van der Waals surface area contributed by atoms with Gasteiger partial charge in [0, 0.05) is 11.3 Å². The normalized spacial score (nSPS) is 10.7. The summed E-state index contributed by atoms with van der Waals surface area (Å²) in [6, 6.07) is 18.2. The largest absolute Gasteiger partial charge is 0.494 e. The van der Waals surface area contributed by atoms with Gasteiger partial charge in [0.05, 0.1) is 12.3 Å². The number of aromatic nitrogens is 3. The molecule has 4 rings (SSSR count). The van der Waals surface area contributed by atoms with E-state index in [1.54, 1.807) is 24.3 Å². The van der Waals surface area contributed by atoms with Gasteiger partial charge in [0.2, 0.25) is 5.82 Å². The van der Waals surface area contributed by atoms with Gasteiger partial charge < -0.3 is 10.1 Å². The Labute approximate surface area is 177 Å². The molecule has 0 bridgehead atoms. The molecule has 0 atom stereocenters. The van der Waals surface area contributed by atoms with Crippen LogP contribution in [0.3, 0.4) is 0 Å². The van der Waals surface area contributed by atoms with Crippen molar-refractivity contribution in [2.45, 2.75) is 6.92 Å². The quantitative estimate of drug-likeness (QED) is 0.484. The minimum Gasteiger partial charge on any atom is -0.494 e. The van der Waals surface area contributed by atoms with E-state index in [1.807, 2.05) is 6.92 Å². The minimum atomic E-state index is -0.520. The standard InChI is InChI=1S/C23H18F2N4O2/c1-2-31-20-13-9-18(10-14-20)26-23(30)21-27-22(15-3-5-16(24)6-4-15)29(28-21)19-11-7-17(25)8-12-19/h3-14H,2H2,1H3,(H,26,30). The average molecular weight is 420 g/mol. The lowest BCUT2D eigenvalue weighted by atomic mass is 10.2. The number of amides is 1.